The van der Waals surface area contributed by atoms with Gasteiger partial charge in [-0.15, -0.1) is 12.4 Å². The van der Waals surface area contributed by atoms with Gasteiger partial charge in [-0.2, -0.15) is 0 Å². The number of nitrogens with zero attached hydrogens (tertiary/aromatic N) is 1. The van der Waals surface area contributed by atoms with Gasteiger partial charge in [0.15, 0.2) is 0 Å². The maximum absolute atomic E-state index is 5.83. The number of halogens is 1. The molecule has 0 saturated heterocycles. The molecule has 142 valence electrons. The Bertz CT molecular complexity index is 837. The van der Waals surface area contributed by atoms with E-state index in [1.54, 1.807) is 0 Å². The molecule has 4 nitrogen and oxygen atoms in total. The Morgan fingerprint density at radius 3 is 2.33 bits per heavy atom. The second-order valence-electron chi connectivity index (χ2n) is 6.40. The first kappa shape index (κ1) is 20.7. The molecule has 5 heteroatoms. The minimum Gasteiger partial charge on any atom is -0.491 e. The molecule has 0 spiro atoms. The molecule has 0 radical (unpaired) electrons. The number of nitrogens with two attached hydrogens (primary N) is 1. The van der Waals surface area contributed by atoms with E-state index in [0.29, 0.717) is 19.0 Å². The normalized spacial score (nSPS) is 10.4. The molecule has 2 N–H and O–H groups in total. The van der Waals surface area contributed by atoms with Gasteiger partial charge < -0.3 is 15.2 Å². The van der Waals surface area contributed by atoms with Crippen molar-refractivity contribution in [2.24, 2.45) is 5.73 Å². The third-order valence-electron chi connectivity index (χ3n) is 3.87. The fourth-order valence-electron chi connectivity index (χ4n) is 2.65. The van der Waals surface area contributed by atoms with E-state index in [0.717, 1.165) is 28.0 Å². The monoisotopic (exact) mass is 384 g/mol. The van der Waals surface area contributed by atoms with Gasteiger partial charge in [-0.3, -0.25) is 0 Å². The van der Waals surface area contributed by atoms with Crippen molar-refractivity contribution in [2.75, 3.05) is 0 Å². The molecule has 0 bridgehead atoms. The summed E-state index contributed by atoms with van der Waals surface area (Å²) in [6.45, 7) is 4.99. The minimum absolute atomic E-state index is 0. The molecule has 0 aliphatic heterocycles. The van der Waals surface area contributed by atoms with Crippen LogP contribution in [0.3, 0.4) is 0 Å². The molecule has 2 aromatic carbocycles. The lowest BCUT2D eigenvalue weighted by Crippen LogP contribution is -2.06. The summed E-state index contributed by atoms with van der Waals surface area (Å²) in [4.78, 5) is 4.42. The van der Waals surface area contributed by atoms with Crippen molar-refractivity contribution in [3.63, 3.8) is 0 Å². The molecule has 0 unspecified atom stereocenters. The van der Waals surface area contributed by atoms with E-state index >= 15 is 0 Å². The first-order valence-corrected chi connectivity index (χ1v) is 8.78. The van der Waals surface area contributed by atoms with Gasteiger partial charge in [-0.25, -0.2) is 4.98 Å². The molecule has 3 aromatic rings. The molecule has 0 amide bonds. The van der Waals surface area contributed by atoms with Crippen LogP contribution in [0, 0.1) is 0 Å². The fourth-order valence-corrected chi connectivity index (χ4v) is 2.65. The molecule has 0 aliphatic carbocycles. The summed E-state index contributed by atoms with van der Waals surface area (Å²) in [7, 11) is 0. The topological polar surface area (TPSA) is 57.4 Å². The lowest BCUT2D eigenvalue weighted by molar-refractivity contribution is 0.242. The van der Waals surface area contributed by atoms with Crippen molar-refractivity contribution in [3.05, 3.63) is 78.0 Å². The highest BCUT2D eigenvalue weighted by Crippen LogP contribution is 2.27. The van der Waals surface area contributed by atoms with Crippen LogP contribution in [-0.2, 0) is 13.2 Å². The van der Waals surface area contributed by atoms with Crippen LogP contribution in [0.1, 0.15) is 25.0 Å². The second kappa shape index (κ2) is 9.95. The van der Waals surface area contributed by atoms with E-state index in [4.69, 9.17) is 15.2 Å². The zero-order valence-corrected chi connectivity index (χ0v) is 16.4. The highest BCUT2D eigenvalue weighted by atomic mass is 35.5. The third-order valence-corrected chi connectivity index (χ3v) is 3.87. The summed E-state index contributed by atoms with van der Waals surface area (Å²) in [5.74, 6) is 1.42. The first-order valence-electron chi connectivity index (χ1n) is 8.78. The minimum atomic E-state index is 0. The van der Waals surface area contributed by atoms with E-state index in [-0.39, 0.29) is 18.5 Å². The number of benzene rings is 2. The maximum Gasteiger partial charge on any atom is 0.213 e. The van der Waals surface area contributed by atoms with Gasteiger partial charge in [0, 0.05) is 24.4 Å². The quantitative estimate of drug-likeness (QED) is 0.623. The molecule has 0 atom stereocenters. The maximum atomic E-state index is 5.83. The molecule has 3 rings (SSSR count). The Hall–Kier alpha value is -2.56. The van der Waals surface area contributed by atoms with Gasteiger partial charge in [-0.1, -0.05) is 30.3 Å². The van der Waals surface area contributed by atoms with E-state index in [9.17, 15) is 0 Å². The molecule has 0 fully saturated rings. The molecule has 27 heavy (non-hydrogen) atoms. The number of rotatable bonds is 7. The van der Waals surface area contributed by atoms with Crippen molar-refractivity contribution in [1.29, 1.82) is 0 Å². The Morgan fingerprint density at radius 1 is 0.926 bits per heavy atom. The Morgan fingerprint density at radius 2 is 1.70 bits per heavy atom. The predicted molar refractivity (Wildman–Crippen MR) is 111 cm³/mol. The van der Waals surface area contributed by atoms with Crippen molar-refractivity contribution in [2.45, 2.75) is 33.1 Å². The molecule has 1 aromatic heterocycles. The third kappa shape index (κ3) is 5.98. The smallest absolute Gasteiger partial charge is 0.213 e. The van der Waals surface area contributed by atoms with Crippen molar-refractivity contribution >= 4 is 12.4 Å². The lowest BCUT2D eigenvalue weighted by Gasteiger charge is -2.13. The summed E-state index contributed by atoms with van der Waals surface area (Å²) in [6, 6.07) is 20.0. The first-order chi connectivity index (χ1) is 12.6. The van der Waals surface area contributed by atoms with Gasteiger partial charge in [0.05, 0.1) is 6.10 Å². The summed E-state index contributed by atoms with van der Waals surface area (Å²) >= 11 is 0. The van der Waals surface area contributed by atoms with Crippen LogP contribution in [-0.4, -0.2) is 11.1 Å². The summed E-state index contributed by atoms with van der Waals surface area (Å²) in [5, 5.41) is 0. The van der Waals surface area contributed by atoms with Gasteiger partial charge >= 0.3 is 0 Å². The molecule has 1 heterocycles. The second-order valence-corrected chi connectivity index (χ2v) is 6.40. The van der Waals surface area contributed by atoms with Crippen LogP contribution in [0.2, 0.25) is 0 Å². The average Bonchev–Trinajstić information content (AvgIpc) is 2.67. The zero-order chi connectivity index (χ0) is 18.4. The number of aromatic nitrogens is 1. The van der Waals surface area contributed by atoms with Crippen molar-refractivity contribution < 1.29 is 9.47 Å². The SMILES string of the molecule is CC(C)Oc1cc(CN)cc(-c2ccc(OCc3ccccc3)nc2)c1.Cl. The number of hydrogen-bond donors (Lipinski definition) is 1. The Labute approximate surface area is 166 Å². The molecular weight excluding hydrogens is 360 g/mol. The van der Waals surface area contributed by atoms with Gasteiger partial charge in [0.25, 0.3) is 0 Å². The van der Waals surface area contributed by atoms with Gasteiger partial charge in [0.2, 0.25) is 5.88 Å². The van der Waals surface area contributed by atoms with Crippen LogP contribution in [0.15, 0.2) is 66.9 Å². The summed E-state index contributed by atoms with van der Waals surface area (Å²) in [6.07, 6.45) is 1.93. The largest absolute Gasteiger partial charge is 0.491 e. The lowest BCUT2D eigenvalue weighted by atomic mass is 10.0. The fraction of sp³-hybridized carbons (Fsp3) is 0.227. The van der Waals surface area contributed by atoms with Crippen molar-refractivity contribution in [1.82, 2.24) is 4.98 Å². The van der Waals surface area contributed by atoms with Crippen LogP contribution >= 0.6 is 12.4 Å². The van der Waals surface area contributed by atoms with Crippen LogP contribution in [0.5, 0.6) is 11.6 Å². The van der Waals surface area contributed by atoms with Gasteiger partial charge in [-0.05, 0) is 54.8 Å². The number of hydrogen-bond acceptors (Lipinski definition) is 4. The Balaban J connectivity index is 0.00000261. The van der Waals surface area contributed by atoms with Gasteiger partial charge in [0.1, 0.15) is 12.4 Å². The van der Waals surface area contributed by atoms with Crippen LogP contribution < -0.4 is 15.2 Å². The van der Waals surface area contributed by atoms with Crippen LogP contribution in [0.4, 0.5) is 0 Å². The molecule has 0 aliphatic rings. The van der Waals surface area contributed by atoms with Crippen molar-refractivity contribution in [3.8, 4) is 22.8 Å². The highest BCUT2D eigenvalue weighted by Gasteiger charge is 2.07. The standard InChI is InChI=1S/C22H24N2O2.ClH/c1-16(2)26-21-11-18(13-23)10-20(12-21)19-8-9-22(24-14-19)25-15-17-6-4-3-5-7-17;/h3-12,14,16H,13,15,23H2,1-2H3;1H. The summed E-state index contributed by atoms with van der Waals surface area (Å²) < 4.78 is 11.6. The molecular formula is C22H25ClN2O2. The Kier molecular flexibility index (Phi) is 7.65. The van der Waals surface area contributed by atoms with E-state index < -0.39 is 0 Å². The average molecular weight is 385 g/mol. The van der Waals surface area contributed by atoms with Crippen LogP contribution in [0.25, 0.3) is 11.1 Å². The number of pyridine rings is 1. The number of ether oxygens (including phenoxy) is 2. The van der Waals surface area contributed by atoms with E-state index in [2.05, 4.69) is 11.1 Å². The van der Waals surface area contributed by atoms with E-state index in [1.165, 1.54) is 0 Å². The highest BCUT2D eigenvalue weighted by molar-refractivity contribution is 5.85. The summed E-state index contributed by atoms with van der Waals surface area (Å²) in [5.41, 5.74) is 10.0. The zero-order valence-electron chi connectivity index (χ0n) is 15.6. The molecule has 0 saturated carbocycles. The van der Waals surface area contributed by atoms with E-state index in [1.807, 2.05) is 74.6 Å². The predicted octanol–water partition coefficient (Wildman–Crippen LogP) is 5.00.